The molecular weight excluding hydrogens is 466 g/mol. The summed E-state index contributed by atoms with van der Waals surface area (Å²) in [7, 11) is 0. The molecule has 1 heterocycles. The molecule has 1 N–H and O–H groups in total. The predicted molar refractivity (Wildman–Crippen MR) is 128 cm³/mol. The third-order valence-electron chi connectivity index (χ3n) is 4.71. The van der Waals surface area contributed by atoms with Gasteiger partial charge in [0, 0.05) is 18.3 Å². The van der Waals surface area contributed by atoms with Gasteiger partial charge in [0.05, 0.1) is 10.7 Å². The first-order valence-electron chi connectivity index (χ1n) is 9.88. The summed E-state index contributed by atoms with van der Waals surface area (Å²) in [6.45, 7) is 8.48. The molecule has 0 unspecified atom stereocenters. The van der Waals surface area contributed by atoms with Crippen molar-refractivity contribution < 1.29 is 14.5 Å². The zero-order valence-electron chi connectivity index (χ0n) is 18.1. The maximum absolute atomic E-state index is 12.4. The van der Waals surface area contributed by atoms with E-state index in [9.17, 15) is 14.9 Å². The molecule has 0 spiro atoms. The molecule has 0 fully saturated rings. The highest BCUT2D eigenvalue weighted by atomic mass is 35.5. The number of aryl methyl sites for hydroxylation is 2. The fraction of sp³-hybridized carbons (Fsp3) is 0.227. The Morgan fingerprint density at radius 2 is 2.06 bits per heavy atom. The van der Waals surface area contributed by atoms with Gasteiger partial charge in [-0.05, 0) is 49.2 Å². The van der Waals surface area contributed by atoms with Crippen molar-refractivity contribution in [2.75, 3.05) is 11.1 Å². The van der Waals surface area contributed by atoms with E-state index in [4.69, 9.17) is 16.3 Å². The number of aromatic nitrogens is 3. The second-order valence-corrected chi connectivity index (χ2v) is 8.44. The highest BCUT2D eigenvalue weighted by molar-refractivity contribution is 7.99. The molecule has 11 heteroatoms. The number of halogens is 1. The second-order valence-electron chi connectivity index (χ2n) is 7.09. The third-order valence-corrected chi connectivity index (χ3v) is 6.00. The molecule has 33 heavy (non-hydrogen) atoms. The number of hydrogen-bond donors (Lipinski definition) is 1. The van der Waals surface area contributed by atoms with Gasteiger partial charge >= 0.3 is 0 Å². The van der Waals surface area contributed by atoms with Crippen LogP contribution in [0.2, 0.25) is 5.02 Å². The van der Waals surface area contributed by atoms with Crippen molar-refractivity contribution in [2.24, 2.45) is 0 Å². The Balaban J connectivity index is 1.63. The number of carbonyl (C=O) groups is 1. The Morgan fingerprint density at radius 1 is 1.27 bits per heavy atom. The van der Waals surface area contributed by atoms with Crippen molar-refractivity contribution >= 4 is 40.6 Å². The zero-order valence-corrected chi connectivity index (χ0v) is 19.7. The van der Waals surface area contributed by atoms with Crippen LogP contribution in [0.4, 0.5) is 11.4 Å². The number of hydrogen-bond acceptors (Lipinski definition) is 7. The van der Waals surface area contributed by atoms with E-state index in [0.29, 0.717) is 17.5 Å². The van der Waals surface area contributed by atoms with Gasteiger partial charge in [-0.1, -0.05) is 35.5 Å². The molecule has 0 bridgehead atoms. The van der Waals surface area contributed by atoms with Crippen LogP contribution in [0.15, 0.2) is 54.2 Å². The molecule has 0 aliphatic heterocycles. The lowest BCUT2D eigenvalue weighted by Gasteiger charge is -2.10. The van der Waals surface area contributed by atoms with Crippen LogP contribution in [0.25, 0.3) is 0 Å². The summed E-state index contributed by atoms with van der Waals surface area (Å²) in [6.07, 6.45) is 1.71. The summed E-state index contributed by atoms with van der Waals surface area (Å²) in [6, 6.07) is 9.94. The standard InChI is InChI=1S/C22H22ClN5O4S/c1-4-9-27-20(12-32-17-7-5-14(2)15(3)10-17)25-26-22(27)33-13-21(29)24-16-6-8-18(23)19(11-16)28(30)31/h4-8,10-11H,1,9,12-13H2,2-3H3,(H,24,29). The fourth-order valence-corrected chi connectivity index (χ4v) is 3.81. The van der Waals surface area contributed by atoms with Gasteiger partial charge in [-0.2, -0.15) is 0 Å². The molecule has 172 valence electrons. The maximum atomic E-state index is 12.4. The molecule has 2 aromatic carbocycles. The van der Waals surface area contributed by atoms with E-state index in [2.05, 4.69) is 22.1 Å². The quantitative estimate of drug-likeness (QED) is 0.186. The van der Waals surface area contributed by atoms with Crippen LogP contribution in [0.5, 0.6) is 5.75 Å². The van der Waals surface area contributed by atoms with Gasteiger partial charge in [-0.3, -0.25) is 19.5 Å². The van der Waals surface area contributed by atoms with Gasteiger partial charge in [-0.25, -0.2) is 0 Å². The average molecular weight is 488 g/mol. The number of thioether (sulfide) groups is 1. The lowest BCUT2D eigenvalue weighted by atomic mass is 10.1. The number of nitrogens with zero attached hydrogens (tertiary/aromatic N) is 4. The van der Waals surface area contributed by atoms with Crippen molar-refractivity contribution in [2.45, 2.75) is 32.2 Å². The molecule has 1 amide bonds. The number of rotatable bonds is 10. The monoisotopic (exact) mass is 487 g/mol. The number of amides is 1. The maximum Gasteiger partial charge on any atom is 0.289 e. The topological polar surface area (TPSA) is 112 Å². The van der Waals surface area contributed by atoms with E-state index < -0.39 is 4.92 Å². The fourth-order valence-electron chi connectivity index (χ4n) is 2.85. The molecular formula is C22H22ClN5O4S. The van der Waals surface area contributed by atoms with E-state index in [0.717, 1.165) is 11.3 Å². The van der Waals surface area contributed by atoms with E-state index >= 15 is 0 Å². The molecule has 1 aromatic heterocycles. The highest BCUT2D eigenvalue weighted by Crippen LogP contribution is 2.27. The lowest BCUT2D eigenvalue weighted by Crippen LogP contribution is -2.15. The lowest BCUT2D eigenvalue weighted by molar-refractivity contribution is -0.384. The van der Waals surface area contributed by atoms with Crippen molar-refractivity contribution in [3.63, 3.8) is 0 Å². The van der Waals surface area contributed by atoms with Crippen LogP contribution in [-0.4, -0.2) is 31.3 Å². The van der Waals surface area contributed by atoms with Gasteiger partial charge in [-0.15, -0.1) is 16.8 Å². The minimum Gasteiger partial charge on any atom is -0.486 e. The van der Waals surface area contributed by atoms with E-state index in [-0.39, 0.29) is 34.7 Å². The Hall–Kier alpha value is -3.37. The summed E-state index contributed by atoms with van der Waals surface area (Å²) < 4.78 is 7.68. The molecule has 0 aliphatic carbocycles. The van der Waals surface area contributed by atoms with Crippen LogP contribution in [0.1, 0.15) is 17.0 Å². The minimum absolute atomic E-state index is 0.000414. The summed E-state index contributed by atoms with van der Waals surface area (Å²) in [5.74, 6) is 1.02. The van der Waals surface area contributed by atoms with Crippen molar-refractivity contribution in [1.82, 2.24) is 14.8 Å². The SMILES string of the molecule is C=CCn1c(COc2ccc(C)c(C)c2)nnc1SCC(=O)Nc1ccc(Cl)c([N+](=O)[O-])c1. The van der Waals surface area contributed by atoms with Crippen LogP contribution in [0, 0.1) is 24.0 Å². The van der Waals surface area contributed by atoms with Gasteiger partial charge < -0.3 is 10.1 Å². The normalized spacial score (nSPS) is 10.6. The van der Waals surface area contributed by atoms with Crippen LogP contribution in [-0.2, 0) is 17.9 Å². The largest absolute Gasteiger partial charge is 0.486 e. The predicted octanol–water partition coefficient (Wildman–Crippen LogP) is 4.95. The average Bonchev–Trinajstić information content (AvgIpc) is 3.16. The van der Waals surface area contributed by atoms with Gasteiger partial charge in [0.15, 0.2) is 11.0 Å². The zero-order chi connectivity index (χ0) is 24.0. The number of carbonyl (C=O) groups excluding carboxylic acids is 1. The molecule has 0 radical (unpaired) electrons. The molecule has 0 saturated carbocycles. The molecule has 0 saturated heterocycles. The minimum atomic E-state index is -0.605. The van der Waals surface area contributed by atoms with Gasteiger partial charge in [0.25, 0.3) is 5.69 Å². The number of nitro benzene ring substituents is 1. The van der Waals surface area contributed by atoms with Crippen LogP contribution in [0.3, 0.4) is 0 Å². The smallest absolute Gasteiger partial charge is 0.289 e. The summed E-state index contributed by atoms with van der Waals surface area (Å²) in [4.78, 5) is 22.8. The van der Waals surface area contributed by atoms with Crippen LogP contribution < -0.4 is 10.1 Å². The number of benzene rings is 2. The number of allylic oxidation sites excluding steroid dienone is 1. The Kier molecular flexibility index (Phi) is 8.07. The van der Waals surface area contributed by atoms with E-state index in [1.807, 2.05) is 36.6 Å². The van der Waals surface area contributed by atoms with E-state index in [1.54, 1.807) is 6.08 Å². The molecule has 9 nitrogen and oxygen atoms in total. The number of nitro groups is 1. The van der Waals surface area contributed by atoms with Crippen molar-refractivity contribution in [3.05, 3.63) is 81.1 Å². The molecule has 0 atom stereocenters. The Morgan fingerprint density at radius 3 is 2.76 bits per heavy atom. The molecule has 3 rings (SSSR count). The number of anilines is 1. The molecule has 3 aromatic rings. The number of ether oxygens (including phenoxy) is 1. The third kappa shape index (κ3) is 6.33. The summed E-state index contributed by atoms with van der Waals surface area (Å²) >= 11 is 6.99. The van der Waals surface area contributed by atoms with Gasteiger partial charge in [0.1, 0.15) is 17.4 Å². The van der Waals surface area contributed by atoms with Crippen molar-refractivity contribution in [1.29, 1.82) is 0 Å². The Bertz CT molecular complexity index is 1200. The summed E-state index contributed by atoms with van der Waals surface area (Å²) in [5, 5.41) is 22.5. The first-order chi connectivity index (χ1) is 15.8. The first-order valence-corrected chi connectivity index (χ1v) is 11.2. The number of nitrogens with one attached hydrogen (secondary N) is 1. The second kappa shape index (κ2) is 11.0. The first kappa shape index (κ1) is 24.3. The highest BCUT2D eigenvalue weighted by Gasteiger charge is 2.16. The molecule has 0 aliphatic rings. The van der Waals surface area contributed by atoms with E-state index in [1.165, 1.54) is 35.5 Å². The van der Waals surface area contributed by atoms with Crippen LogP contribution >= 0.6 is 23.4 Å². The summed E-state index contributed by atoms with van der Waals surface area (Å²) in [5.41, 5.74) is 2.32. The Labute approximate surface area is 200 Å². The van der Waals surface area contributed by atoms with Crippen molar-refractivity contribution in [3.8, 4) is 5.75 Å². The van der Waals surface area contributed by atoms with Gasteiger partial charge in [0.2, 0.25) is 5.91 Å².